The van der Waals surface area contributed by atoms with Gasteiger partial charge in [-0.05, 0) is 12.8 Å². The second kappa shape index (κ2) is 11.5. The summed E-state index contributed by atoms with van der Waals surface area (Å²) in [6.07, 6.45) is 8.82. The van der Waals surface area contributed by atoms with E-state index in [0.717, 1.165) is 25.7 Å². The second-order valence-corrected chi connectivity index (χ2v) is 4.01. The monoisotopic (exact) mass is 213 g/mol. The molecule has 0 aliphatic heterocycles. The Morgan fingerprint density at radius 2 is 1.47 bits per heavy atom. The summed E-state index contributed by atoms with van der Waals surface area (Å²) in [6, 6.07) is 2.15. The van der Waals surface area contributed by atoms with Crippen LogP contribution < -0.4 is 0 Å². The average molecular weight is 213 g/mol. The smallest absolute Gasteiger partial charge is 0.0770 e. The third-order valence-electron chi connectivity index (χ3n) is 2.54. The fraction of sp³-hybridized carbons (Fsp3) is 0.917. The highest BCUT2D eigenvalue weighted by Gasteiger charge is 2.00. The summed E-state index contributed by atoms with van der Waals surface area (Å²) in [4.78, 5) is 0. The lowest BCUT2D eigenvalue weighted by Gasteiger charge is -2.05. The van der Waals surface area contributed by atoms with Crippen LogP contribution in [0.2, 0.25) is 0 Å². The fourth-order valence-electron chi connectivity index (χ4n) is 1.56. The van der Waals surface area contributed by atoms with Crippen LogP contribution >= 0.6 is 0 Å². The third-order valence-corrected chi connectivity index (χ3v) is 2.54. The summed E-state index contributed by atoms with van der Waals surface area (Å²) >= 11 is 0. The molecular weight excluding hydrogens is 190 g/mol. The molecule has 3 nitrogen and oxygen atoms in total. The number of rotatable bonds is 10. The van der Waals surface area contributed by atoms with E-state index < -0.39 is 6.10 Å². The summed E-state index contributed by atoms with van der Waals surface area (Å²) in [6.45, 7) is -0.117. The number of hydrogen-bond donors (Lipinski definition) is 2. The first-order chi connectivity index (χ1) is 7.31. The highest BCUT2D eigenvalue weighted by atomic mass is 16.3. The molecule has 0 saturated carbocycles. The van der Waals surface area contributed by atoms with Crippen LogP contribution in [0.1, 0.15) is 57.8 Å². The maximum absolute atomic E-state index is 9.08. The largest absolute Gasteiger partial charge is 0.394 e. The normalized spacial score (nSPS) is 12.3. The van der Waals surface area contributed by atoms with Gasteiger partial charge in [-0.25, -0.2) is 0 Å². The van der Waals surface area contributed by atoms with Gasteiger partial charge in [0.1, 0.15) is 0 Å². The molecule has 15 heavy (non-hydrogen) atoms. The van der Waals surface area contributed by atoms with Gasteiger partial charge in [0.05, 0.1) is 18.8 Å². The Kier molecular flexibility index (Phi) is 11.0. The predicted molar refractivity (Wildman–Crippen MR) is 60.3 cm³/mol. The molecule has 0 aromatic rings. The minimum atomic E-state index is -0.527. The van der Waals surface area contributed by atoms with Gasteiger partial charge in [0.2, 0.25) is 0 Å². The Morgan fingerprint density at radius 1 is 0.933 bits per heavy atom. The molecular formula is C12H23NO2. The molecule has 0 bridgehead atoms. The van der Waals surface area contributed by atoms with E-state index in [1.807, 2.05) is 0 Å². The van der Waals surface area contributed by atoms with Crippen molar-refractivity contribution in [3.8, 4) is 6.07 Å². The molecule has 0 aromatic carbocycles. The lowest BCUT2D eigenvalue weighted by atomic mass is 10.1. The van der Waals surface area contributed by atoms with E-state index in [1.54, 1.807) is 0 Å². The highest BCUT2D eigenvalue weighted by Crippen LogP contribution is 2.10. The Morgan fingerprint density at radius 3 is 2.00 bits per heavy atom. The van der Waals surface area contributed by atoms with Crippen LogP contribution in [0.15, 0.2) is 0 Å². The minimum Gasteiger partial charge on any atom is -0.394 e. The van der Waals surface area contributed by atoms with Crippen LogP contribution in [0.3, 0.4) is 0 Å². The third kappa shape index (κ3) is 11.3. The van der Waals surface area contributed by atoms with Crippen LogP contribution in [0.4, 0.5) is 0 Å². The molecule has 0 amide bonds. The average Bonchev–Trinajstić information content (AvgIpc) is 2.26. The molecule has 0 saturated heterocycles. The number of nitriles is 1. The fourth-order valence-corrected chi connectivity index (χ4v) is 1.56. The lowest BCUT2D eigenvalue weighted by Crippen LogP contribution is -2.10. The van der Waals surface area contributed by atoms with Gasteiger partial charge in [0.15, 0.2) is 0 Å². The Hall–Kier alpha value is -0.590. The molecule has 0 unspecified atom stereocenters. The van der Waals surface area contributed by atoms with E-state index in [4.69, 9.17) is 15.5 Å². The van der Waals surface area contributed by atoms with E-state index >= 15 is 0 Å². The quantitative estimate of drug-likeness (QED) is 0.548. The summed E-state index contributed by atoms with van der Waals surface area (Å²) in [5.74, 6) is 0. The molecule has 0 aliphatic rings. The van der Waals surface area contributed by atoms with Crippen molar-refractivity contribution in [1.82, 2.24) is 0 Å². The van der Waals surface area contributed by atoms with E-state index in [1.165, 1.54) is 19.3 Å². The first-order valence-corrected chi connectivity index (χ1v) is 5.97. The summed E-state index contributed by atoms with van der Waals surface area (Å²) in [5.41, 5.74) is 0. The van der Waals surface area contributed by atoms with Crippen LogP contribution in [0.5, 0.6) is 0 Å². The predicted octanol–water partition coefficient (Wildman–Crippen LogP) is 2.37. The number of nitrogens with zero attached hydrogens (tertiary/aromatic N) is 1. The maximum Gasteiger partial charge on any atom is 0.0770 e. The Bertz CT molecular complexity index is 165. The zero-order chi connectivity index (χ0) is 11.4. The highest BCUT2D eigenvalue weighted by molar-refractivity contribution is 4.67. The van der Waals surface area contributed by atoms with Gasteiger partial charge in [0.25, 0.3) is 0 Å². The topological polar surface area (TPSA) is 64.2 Å². The zero-order valence-corrected chi connectivity index (χ0v) is 9.49. The van der Waals surface area contributed by atoms with Gasteiger partial charge in [-0.1, -0.05) is 38.5 Å². The van der Waals surface area contributed by atoms with Crippen molar-refractivity contribution in [3.05, 3.63) is 0 Å². The van der Waals surface area contributed by atoms with E-state index in [9.17, 15) is 0 Å². The molecule has 3 heteroatoms. The first kappa shape index (κ1) is 14.4. The van der Waals surface area contributed by atoms with Gasteiger partial charge in [-0.3, -0.25) is 0 Å². The van der Waals surface area contributed by atoms with Crippen molar-refractivity contribution in [2.45, 2.75) is 63.9 Å². The molecule has 88 valence electrons. The Balaban J connectivity index is 2.96. The van der Waals surface area contributed by atoms with Crippen molar-refractivity contribution in [3.63, 3.8) is 0 Å². The van der Waals surface area contributed by atoms with Gasteiger partial charge in [0, 0.05) is 6.42 Å². The number of aliphatic hydroxyl groups is 2. The molecule has 1 atom stereocenters. The molecule has 0 aromatic heterocycles. The zero-order valence-electron chi connectivity index (χ0n) is 9.49. The number of hydrogen-bond acceptors (Lipinski definition) is 3. The van der Waals surface area contributed by atoms with Crippen LogP contribution in [-0.4, -0.2) is 22.9 Å². The molecule has 0 heterocycles. The molecule has 0 fully saturated rings. The van der Waals surface area contributed by atoms with E-state index in [-0.39, 0.29) is 6.61 Å². The van der Waals surface area contributed by atoms with Crippen molar-refractivity contribution < 1.29 is 10.2 Å². The maximum atomic E-state index is 9.08. The summed E-state index contributed by atoms with van der Waals surface area (Å²) in [7, 11) is 0. The molecule has 0 rings (SSSR count). The van der Waals surface area contributed by atoms with Crippen molar-refractivity contribution in [2.24, 2.45) is 0 Å². The Labute approximate surface area is 92.7 Å². The van der Waals surface area contributed by atoms with Crippen LogP contribution in [-0.2, 0) is 0 Å². The van der Waals surface area contributed by atoms with Crippen molar-refractivity contribution in [2.75, 3.05) is 6.61 Å². The van der Waals surface area contributed by atoms with E-state index in [2.05, 4.69) is 6.07 Å². The first-order valence-electron chi connectivity index (χ1n) is 5.97. The van der Waals surface area contributed by atoms with E-state index in [0.29, 0.717) is 12.8 Å². The van der Waals surface area contributed by atoms with Crippen LogP contribution in [0, 0.1) is 11.3 Å². The van der Waals surface area contributed by atoms with Gasteiger partial charge >= 0.3 is 0 Å². The van der Waals surface area contributed by atoms with Gasteiger partial charge in [-0.2, -0.15) is 5.26 Å². The standard InChI is InChI=1S/C12H23NO2/c13-10-8-6-4-2-1-3-5-7-9-12(15)11-14/h12,14-15H,1-9,11H2/t12-/m1/s1. The lowest BCUT2D eigenvalue weighted by molar-refractivity contribution is 0.0860. The van der Waals surface area contributed by atoms with Crippen molar-refractivity contribution >= 4 is 0 Å². The SMILES string of the molecule is N#CCCCCCCCCC[C@@H](O)CO. The van der Waals surface area contributed by atoms with Crippen LogP contribution in [0.25, 0.3) is 0 Å². The van der Waals surface area contributed by atoms with Crippen molar-refractivity contribution in [1.29, 1.82) is 5.26 Å². The molecule has 0 aliphatic carbocycles. The minimum absolute atomic E-state index is 0.117. The second-order valence-electron chi connectivity index (χ2n) is 4.01. The molecule has 2 N–H and O–H groups in total. The van der Waals surface area contributed by atoms with Gasteiger partial charge in [-0.15, -0.1) is 0 Å². The molecule has 0 spiro atoms. The van der Waals surface area contributed by atoms with Gasteiger partial charge < -0.3 is 10.2 Å². The number of aliphatic hydroxyl groups excluding tert-OH is 2. The molecule has 0 radical (unpaired) electrons. The number of unbranched alkanes of at least 4 members (excludes halogenated alkanes) is 7. The summed E-state index contributed by atoms with van der Waals surface area (Å²) in [5, 5.41) is 26.0. The summed E-state index contributed by atoms with van der Waals surface area (Å²) < 4.78 is 0.